The number of anilines is 2. The first-order chi connectivity index (χ1) is 15.5. The van der Waals surface area contributed by atoms with Crippen LogP contribution in [0.3, 0.4) is 0 Å². The molecule has 6 nitrogen and oxygen atoms in total. The summed E-state index contributed by atoms with van der Waals surface area (Å²) >= 11 is 0. The van der Waals surface area contributed by atoms with Gasteiger partial charge in [0.15, 0.2) is 0 Å². The van der Waals surface area contributed by atoms with Gasteiger partial charge in [-0.15, -0.1) is 0 Å². The van der Waals surface area contributed by atoms with E-state index >= 15 is 0 Å². The number of para-hydroxylation sites is 1. The Balaban J connectivity index is 1.27. The van der Waals surface area contributed by atoms with E-state index in [1.54, 1.807) is 24.3 Å². The molecule has 0 aromatic heterocycles. The molecule has 2 aromatic carbocycles. The maximum absolute atomic E-state index is 12.9. The largest absolute Gasteiger partial charge is 0.462 e. The van der Waals surface area contributed by atoms with Gasteiger partial charge in [0, 0.05) is 22.9 Å². The molecule has 1 heterocycles. The minimum Gasteiger partial charge on any atom is -0.462 e. The molecule has 3 aliphatic rings. The molecule has 1 aliphatic heterocycles. The summed E-state index contributed by atoms with van der Waals surface area (Å²) in [6.45, 7) is 4.15. The summed E-state index contributed by atoms with van der Waals surface area (Å²) < 4.78 is 5.43. The Labute approximate surface area is 187 Å². The van der Waals surface area contributed by atoms with Crippen LogP contribution in [0.5, 0.6) is 0 Å². The van der Waals surface area contributed by atoms with Gasteiger partial charge in [-0.25, -0.2) is 0 Å². The Morgan fingerprint density at radius 2 is 1.66 bits per heavy atom. The highest BCUT2D eigenvalue weighted by Crippen LogP contribution is 2.57. The Bertz CT molecular complexity index is 1050. The van der Waals surface area contributed by atoms with Gasteiger partial charge in [0.05, 0.1) is 11.8 Å². The van der Waals surface area contributed by atoms with Crippen LogP contribution in [0, 0.1) is 23.7 Å². The van der Waals surface area contributed by atoms with Crippen molar-refractivity contribution in [1.29, 1.82) is 0 Å². The monoisotopic (exact) mass is 432 g/mol. The second-order valence-corrected chi connectivity index (χ2v) is 9.10. The van der Waals surface area contributed by atoms with Gasteiger partial charge in [-0.05, 0) is 67.0 Å². The van der Waals surface area contributed by atoms with Gasteiger partial charge in [0.1, 0.15) is 6.10 Å². The van der Waals surface area contributed by atoms with Crippen LogP contribution in [0.25, 0.3) is 0 Å². The van der Waals surface area contributed by atoms with Crippen LogP contribution in [-0.2, 0) is 27.2 Å². The number of hydrogen-bond donors (Lipinski definition) is 2. The summed E-state index contributed by atoms with van der Waals surface area (Å²) in [6, 6.07) is 13.0. The van der Waals surface area contributed by atoms with Gasteiger partial charge in [-0.1, -0.05) is 32.0 Å². The van der Waals surface area contributed by atoms with E-state index in [4.69, 9.17) is 4.74 Å². The fourth-order valence-electron chi connectivity index (χ4n) is 5.88. The average molecular weight is 433 g/mol. The summed E-state index contributed by atoms with van der Waals surface area (Å²) in [5.41, 5.74) is 4.26. The van der Waals surface area contributed by atoms with Crippen molar-refractivity contribution in [2.75, 3.05) is 10.6 Å². The third kappa shape index (κ3) is 3.38. The second kappa shape index (κ2) is 8.08. The van der Waals surface area contributed by atoms with Crippen molar-refractivity contribution in [3.63, 3.8) is 0 Å². The molecule has 2 aromatic rings. The molecule has 0 spiro atoms. The van der Waals surface area contributed by atoms with Gasteiger partial charge in [0.25, 0.3) is 5.91 Å². The predicted octanol–water partition coefficient (Wildman–Crippen LogP) is 4.20. The van der Waals surface area contributed by atoms with Crippen LogP contribution in [0.15, 0.2) is 42.5 Å². The molecular formula is C26H28N2O4. The molecule has 0 unspecified atom stereocenters. The molecule has 6 heteroatoms. The third-order valence-corrected chi connectivity index (χ3v) is 7.44. The predicted molar refractivity (Wildman–Crippen MR) is 121 cm³/mol. The topological polar surface area (TPSA) is 84.5 Å². The highest BCUT2D eigenvalue weighted by molar-refractivity contribution is 6.05. The van der Waals surface area contributed by atoms with Crippen molar-refractivity contribution < 1.29 is 19.1 Å². The lowest BCUT2D eigenvalue weighted by molar-refractivity contribution is -0.145. The summed E-state index contributed by atoms with van der Waals surface area (Å²) in [4.78, 5) is 38.0. The highest BCUT2D eigenvalue weighted by atomic mass is 16.6. The van der Waals surface area contributed by atoms with E-state index in [0.717, 1.165) is 42.5 Å². The number of benzene rings is 2. The van der Waals surface area contributed by atoms with Gasteiger partial charge in [0.2, 0.25) is 5.91 Å². The van der Waals surface area contributed by atoms with E-state index < -0.39 is 0 Å². The van der Waals surface area contributed by atoms with Gasteiger partial charge in [-0.2, -0.15) is 0 Å². The highest BCUT2D eigenvalue weighted by Gasteiger charge is 2.63. The maximum Gasteiger partial charge on any atom is 0.310 e. The van der Waals surface area contributed by atoms with Crippen LogP contribution in [-0.4, -0.2) is 23.9 Å². The Morgan fingerprint density at radius 3 is 2.31 bits per heavy atom. The van der Waals surface area contributed by atoms with Crippen molar-refractivity contribution in [3.05, 3.63) is 59.2 Å². The second-order valence-electron chi connectivity index (χ2n) is 9.10. The zero-order valence-corrected chi connectivity index (χ0v) is 18.4. The van der Waals surface area contributed by atoms with Crippen LogP contribution in [0.2, 0.25) is 0 Å². The molecule has 5 atom stereocenters. The fraction of sp³-hybridized carbons (Fsp3) is 0.423. The molecule has 166 valence electrons. The van der Waals surface area contributed by atoms with Gasteiger partial charge >= 0.3 is 5.97 Å². The zero-order chi connectivity index (χ0) is 22.4. The SMILES string of the molecule is CCc1cccc(CC)c1NC(=O)c1ccc(NC(=O)[C@@H]2[C@@H]3C[C@@H]4[C@H]2C(=O)O[C@H]4C3)cc1. The first-order valence-electron chi connectivity index (χ1n) is 11.5. The zero-order valence-electron chi connectivity index (χ0n) is 18.4. The summed E-state index contributed by atoms with van der Waals surface area (Å²) in [6.07, 6.45) is 3.39. The van der Waals surface area contributed by atoms with Crippen LogP contribution in [0.1, 0.15) is 48.2 Å². The summed E-state index contributed by atoms with van der Waals surface area (Å²) in [5, 5.41) is 6.01. The van der Waals surface area contributed by atoms with Crippen molar-refractivity contribution in [2.45, 2.75) is 45.6 Å². The normalized spacial score (nSPS) is 27.3. The van der Waals surface area contributed by atoms with Crippen LogP contribution in [0.4, 0.5) is 11.4 Å². The summed E-state index contributed by atoms with van der Waals surface area (Å²) in [5.74, 6) is -0.701. The number of nitrogens with one attached hydrogen (secondary N) is 2. The number of amides is 2. The van der Waals surface area contributed by atoms with Crippen molar-refractivity contribution in [3.8, 4) is 0 Å². The molecule has 1 saturated heterocycles. The standard InChI is InChI=1S/C26H28N2O4/c1-3-14-6-5-7-15(4-2)23(14)28-24(29)16-8-10-18(11-9-16)27-25(30)21-17-12-19-20(13-17)32-26(31)22(19)21/h5-11,17,19-22H,3-4,12-13H2,1-2H3,(H,27,30)(H,28,29)/t17-,19+,20+,21-,22-/m1/s1. The molecule has 3 fully saturated rings. The van der Waals surface area contributed by atoms with Crippen LogP contribution < -0.4 is 10.6 Å². The molecule has 32 heavy (non-hydrogen) atoms. The number of rotatable bonds is 6. The number of hydrogen-bond acceptors (Lipinski definition) is 4. The number of aryl methyl sites for hydroxylation is 2. The van der Waals surface area contributed by atoms with E-state index in [9.17, 15) is 14.4 Å². The minimum absolute atomic E-state index is 0.0189. The van der Waals surface area contributed by atoms with Gasteiger partial charge < -0.3 is 15.4 Å². The first-order valence-corrected chi connectivity index (χ1v) is 11.5. The lowest BCUT2D eigenvalue weighted by Crippen LogP contribution is -2.35. The molecule has 2 amide bonds. The number of carbonyl (C=O) groups excluding carboxylic acids is 3. The maximum atomic E-state index is 12.9. The van der Waals surface area contributed by atoms with E-state index in [1.807, 2.05) is 18.2 Å². The fourth-order valence-corrected chi connectivity index (χ4v) is 5.88. The van der Waals surface area contributed by atoms with Crippen molar-refractivity contribution >= 4 is 29.2 Å². The van der Waals surface area contributed by atoms with E-state index in [0.29, 0.717) is 11.3 Å². The summed E-state index contributed by atoms with van der Waals surface area (Å²) in [7, 11) is 0. The molecule has 2 N–H and O–H groups in total. The molecule has 2 saturated carbocycles. The van der Waals surface area contributed by atoms with Crippen LogP contribution >= 0.6 is 0 Å². The molecule has 2 bridgehead atoms. The number of ether oxygens (including phenoxy) is 1. The average Bonchev–Trinajstić information content (AvgIpc) is 3.42. The molecule has 5 rings (SSSR count). The quantitative estimate of drug-likeness (QED) is 0.670. The Morgan fingerprint density at radius 1 is 0.969 bits per heavy atom. The van der Waals surface area contributed by atoms with Gasteiger partial charge in [-0.3, -0.25) is 14.4 Å². The minimum atomic E-state index is -0.313. The molecular weight excluding hydrogens is 404 g/mol. The number of esters is 1. The van der Waals surface area contributed by atoms with Crippen molar-refractivity contribution in [2.24, 2.45) is 23.7 Å². The van der Waals surface area contributed by atoms with E-state index in [2.05, 4.69) is 24.5 Å². The lowest BCUT2D eigenvalue weighted by Gasteiger charge is -2.23. The van der Waals surface area contributed by atoms with E-state index in [-0.39, 0.29) is 47.6 Å². The Kier molecular flexibility index (Phi) is 5.24. The lowest BCUT2D eigenvalue weighted by atomic mass is 9.79. The number of carbonyl (C=O) groups is 3. The Hall–Kier alpha value is -3.15. The third-order valence-electron chi connectivity index (χ3n) is 7.44. The number of fused-ring (bicyclic) bond motifs is 1. The first kappa shape index (κ1) is 20.7. The molecule has 2 aliphatic carbocycles. The molecule has 0 radical (unpaired) electrons. The van der Waals surface area contributed by atoms with E-state index in [1.165, 1.54) is 0 Å². The smallest absolute Gasteiger partial charge is 0.310 e. The van der Waals surface area contributed by atoms with Crippen molar-refractivity contribution in [1.82, 2.24) is 0 Å².